The lowest BCUT2D eigenvalue weighted by atomic mass is 10.0. The summed E-state index contributed by atoms with van der Waals surface area (Å²) in [6, 6.07) is 8.59. The summed E-state index contributed by atoms with van der Waals surface area (Å²) >= 11 is 0. The van der Waals surface area contributed by atoms with Gasteiger partial charge in [0.05, 0.1) is 5.69 Å². The Kier molecular flexibility index (Phi) is 3.59. The van der Waals surface area contributed by atoms with Gasteiger partial charge in [0.25, 0.3) is 0 Å². The normalized spacial score (nSPS) is 10.8. The highest BCUT2D eigenvalue weighted by Gasteiger charge is 2.04. The predicted molar refractivity (Wildman–Crippen MR) is 71.1 cm³/mol. The fourth-order valence-electron chi connectivity index (χ4n) is 1.80. The summed E-state index contributed by atoms with van der Waals surface area (Å²) in [7, 11) is 1.96. The third kappa shape index (κ3) is 2.74. The van der Waals surface area contributed by atoms with Gasteiger partial charge < -0.3 is 5.32 Å². The first-order valence-electron chi connectivity index (χ1n) is 5.97. The lowest BCUT2D eigenvalue weighted by Gasteiger charge is -2.01. The molecule has 0 aliphatic heterocycles. The van der Waals surface area contributed by atoms with E-state index in [0.717, 1.165) is 18.7 Å². The van der Waals surface area contributed by atoms with Crippen molar-refractivity contribution in [3.63, 3.8) is 0 Å². The molecule has 1 heterocycles. The van der Waals surface area contributed by atoms with Crippen LogP contribution in [0.25, 0.3) is 11.3 Å². The largest absolute Gasteiger partial charge is 0.319 e. The SMILES string of the molecule is CNCCc1cc(-c2ccc(C)c(C)c2)n[nH]1. The van der Waals surface area contributed by atoms with Gasteiger partial charge in [0.2, 0.25) is 0 Å². The number of aromatic nitrogens is 2. The highest BCUT2D eigenvalue weighted by atomic mass is 15.1. The number of likely N-dealkylation sites (N-methyl/N-ethyl adjacent to an activating group) is 1. The van der Waals surface area contributed by atoms with E-state index in [2.05, 4.69) is 53.6 Å². The van der Waals surface area contributed by atoms with Crippen LogP contribution in [0.15, 0.2) is 24.3 Å². The van der Waals surface area contributed by atoms with Gasteiger partial charge in [0.15, 0.2) is 0 Å². The maximum absolute atomic E-state index is 4.36. The molecular weight excluding hydrogens is 210 g/mol. The minimum absolute atomic E-state index is 0.967. The summed E-state index contributed by atoms with van der Waals surface area (Å²) < 4.78 is 0. The molecule has 0 radical (unpaired) electrons. The summed E-state index contributed by atoms with van der Waals surface area (Å²) in [5.41, 5.74) is 6.01. The Morgan fingerprint density at radius 2 is 2.00 bits per heavy atom. The zero-order chi connectivity index (χ0) is 12.3. The second-order valence-electron chi connectivity index (χ2n) is 4.43. The van der Waals surface area contributed by atoms with Crippen molar-refractivity contribution in [3.8, 4) is 11.3 Å². The molecule has 0 amide bonds. The first kappa shape index (κ1) is 11.9. The number of benzene rings is 1. The number of aromatic amines is 1. The zero-order valence-electron chi connectivity index (χ0n) is 10.7. The molecule has 0 saturated carbocycles. The van der Waals surface area contributed by atoms with Gasteiger partial charge in [-0.3, -0.25) is 5.10 Å². The number of nitrogens with one attached hydrogen (secondary N) is 2. The molecule has 90 valence electrons. The Hall–Kier alpha value is -1.61. The highest BCUT2D eigenvalue weighted by Crippen LogP contribution is 2.20. The molecule has 0 unspecified atom stereocenters. The summed E-state index contributed by atoms with van der Waals surface area (Å²) in [6.07, 6.45) is 0.980. The molecule has 17 heavy (non-hydrogen) atoms. The van der Waals surface area contributed by atoms with E-state index in [1.54, 1.807) is 0 Å². The van der Waals surface area contributed by atoms with E-state index in [9.17, 15) is 0 Å². The highest BCUT2D eigenvalue weighted by molar-refractivity contribution is 5.61. The van der Waals surface area contributed by atoms with E-state index in [1.807, 2.05) is 7.05 Å². The number of hydrogen-bond acceptors (Lipinski definition) is 2. The van der Waals surface area contributed by atoms with E-state index in [-0.39, 0.29) is 0 Å². The Morgan fingerprint density at radius 1 is 1.18 bits per heavy atom. The first-order chi connectivity index (χ1) is 8.20. The van der Waals surface area contributed by atoms with Crippen LogP contribution in [0.1, 0.15) is 16.8 Å². The number of nitrogens with zero attached hydrogens (tertiary/aromatic N) is 1. The van der Waals surface area contributed by atoms with Crippen molar-refractivity contribution in [2.75, 3.05) is 13.6 Å². The molecule has 3 heteroatoms. The van der Waals surface area contributed by atoms with Crippen molar-refractivity contribution in [2.45, 2.75) is 20.3 Å². The third-order valence-corrected chi connectivity index (χ3v) is 3.08. The van der Waals surface area contributed by atoms with Gasteiger partial charge in [-0.1, -0.05) is 12.1 Å². The smallest absolute Gasteiger partial charge is 0.0923 e. The zero-order valence-corrected chi connectivity index (χ0v) is 10.7. The van der Waals surface area contributed by atoms with E-state index >= 15 is 0 Å². The van der Waals surface area contributed by atoms with Gasteiger partial charge in [-0.2, -0.15) is 5.10 Å². The van der Waals surface area contributed by atoms with Crippen LogP contribution >= 0.6 is 0 Å². The average Bonchev–Trinajstić information content (AvgIpc) is 2.79. The summed E-state index contributed by atoms with van der Waals surface area (Å²) in [5, 5.41) is 10.6. The van der Waals surface area contributed by atoms with Gasteiger partial charge in [-0.15, -0.1) is 0 Å². The van der Waals surface area contributed by atoms with Crippen LogP contribution < -0.4 is 5.32 Å². The van der Waals surface area contributed by atoms with Crippen molar-refractivity contribution >= 4 is 0 Å². The maximum Gasteiger partial charge on any atom is 0.0923 e. The van der Waals surface area contributed by atoms with Crippen LogP contribution in [0, 0.1) is 13.8 Å². The van der Waals surface area contributed by atoms with Crippen molar-refractivity contribution in [3.05, 3.63) is 41.1 Å². The Labute approximate surface area is 102 Å². The molecule has 0 bridgehead atoms. The molecule has 1 aromatic heterocycles. The molecule has 1 aromatic carbocycles. The Morgan fingerprint density at radius 3 is 2.71 bits per heavy atom. The van der Waals surface area contributed by atoms with Gasteiger partial charge in [0.1, 0.15) is 0 Å². The summed E-state index contributed by atoms with van der Waals surface area (Å²) in [4.78, 5) is 0. The Bertz CT molecular complexity index is 500. The average molecular weight is 229 g/mol. The lowest BCUT2D eigenvalue weighted by Crippen LogP contribution is -2.10. The monoisotopic (exact) mass is 229 g/mol. The standard InChI is InChI=1S/C14H19N3/c1-10-4-5-12(8-11(10)2)14-9-13(16-17-14)6-7-15-3/h4-5,8-9,15H,6-7H2,1-3H3,(H,16,17). The maximum atomic E-state index is 4.36. The van der Waals surface area contributed by atoms with Crippen molar-refractivity contribution in [1.29, 1.82) is 0 Å². The third-order valence-electron chi connectivity index (χ3n) is 3.08. The molecule has 0 spiro atoms. The summed E-state index contributed by atoms with van der Waals surface area (Å²) in [5.74, 6) is 0. The Balaban J connectivity index is 2.21. The van der Waals surface area contributed by atoms with Gasteiger partial charge in [0, 0.05) is 24.2 Å². The van der Waals surface area contributed by atoms with E-state index < -0.39 is 0 Å². The fourth-order valence-corrected chi connectivity index (χ4v) is 1.80. The summed E-state index contributed by atoms with van der Waals surface area (Å²) in [6.45, 7) is 5.23. The predicted octanol–water partition coefficient (Wildman–Crippen LogP) is 2.46. The van der Waals surface area contributed by atoms with E-state index in [1.165, 1.54) is 22.4 Å². The van der Waals surface area contributed by atoms with Crippen molar-refractivity contribution in [1.82, 2.24) is 15.5 Å². The van der Waals surface area contributed by atoms with Crippen molar-refractivity contribution in [2.24, 2.45) is 0 Å². The lowest BCUT2D eigenvalue weighted by molar-refractivity contribution is 0.772. The number of aryl methyl sites for hydroxylation is 2. The molecule has 0 saturated heterocycles. The molecular formula is C14H19N3. The van der Waals surface area contributed by atoms with Crippen LogP contribution in [0.4, 0.5) is 0 Å². The molecule has 2 rings (SSSR count). The molecule has 2 N–H and O–H groups in total. The second kappa shape index (κ2) is 5.15. The number of H-pyrrole nitrogens is 1. The van der Waals surface area contributed by atoms with Crippen LogP contribution in [0.5, 0.6) is 0 Å². The topological polar surface area (TPSA) is 40.7 Å². The molecule has 0 atom stereocenters. The van der Waals surface area contributed by atoms with E-state index in [0.29, 0.717) is 0 Å². The van der Waals surface area contributed by atoms with E-state index in [4.69, 9.17) is 0 Å². The van der Waals surface area contributed by atoms with Crippen LogP contribution in [0.2, 0.25) is 0 Å². The minimum Gasteiger partial charge on any atom is -0.319 e. The molecule has 0 fully saturated rings. The number of hydrogen-bond donors (Lipinski definition) is 2. The molecule has 0 aliphatic carbocycles. The molecule has 2 aromatic rings. The second-order valence-corrected chi connectivity index (χ2v) is 4.43. The minimum atomic E-state index is 0.967. The first-order valence-corrected chi connectivity index (χ1v) is 5.97. The van der Waals surface area contributed by atoms with Crippen LogP contribution in [-0.2, 0) is 6.42 Å². The van der Waals surface area contributed by atoms with Crippen LogP contribution in [-0.4, -0.2) is 23.8 Å². The molecule has 0 aliphatic rings. The number of rotatable bonds is 4. The van der Waals surface area contributed by atoms with Gasteiger partial charge in [-0.05, 0) is 44.2 Å². The van der Waals surface area contributed by atoms with Crippen molar-refractivity contribution < 1.29 is 0 Å². The van der Waals surface area contributed by atoms with Gasteiger partial charge >= 0.3 is 0 Å². The quantitative estimate of drug-likeness (QED) is 0.845. The fraction of sp³-hybridized carbons (Fsp3) is 0.357. The van der Waals surface area contributed by atoms with Gasteiger partial charge in [-0.25, -0.2) is 0 Å². The van der Waals surface area contributed by atoms with Crippen LogP contribution in [0.3, 0.4) is 0 Å². The molecule has 3 nitrogen and oxygen atoms in total.